The molecular formula is C64H93F2N7O. The zero-order valence-electron chi connectivity index (χ0n) is 48.0. The monoisotopic (exact) mass is 1010 g/mol. The summed E-state index contributed by atoms with van der Waals surface area (Å²) in [6.07, 6.45) is 5.81. The van der Waals surface area contributed by atoms with Crippen LogP contribution < -0.4 is 16.6 Å². The lowest BCUT2D eigenvalue weighted by Gasteiger charge is -2.42. The van der Waals surface area contributed by atoms with Gasteiger partial charge in [0.1, 0.15) is 0 Å². The number of allylic oxidation sites excluding steroid dienone is 2. The minimum absolute atomic E-state index is 0.00870. The average molecular weight is 1010 g/mol. The van der Waals surface area contributed by atoms with Crippen LogP contribution in [0.3, 0.4) is 0 Å². The van der Waals surface area contributed by atoms with E-state index in [1.165, 1.54) is 11.8 Å². The summed E-state index contributed by atoms with van der Waals surface area (Å²) in [7, 11) is 4.09. The molecule has 2 aromatic heterocycles. The van der Waals surface area contributed by atoms with Crippen LogP contribution in [0.4, 0.5) is 8.78 Å². The molecule has 0 bridgehead atoms. The van der Waals surface area contributed by atoms with Gasteiger partial charge in [-0.05, 0) is 162 Å². The zero-order valence-corrected chi connectivity index (χ0v) is 48.0. The van der Waals surface area contributed by atoms with Gasteiger partial charge in [-0.3, -0.25) is 21.2 Å². The number of hydrogen-bond donors (Lipinski definition) is 3. The first-order chi connectivity index (χ1) is 34.7. The molecule has 0 aliphatic carbocycles. The molecule has 404 valence electrons. The molecule has 1 aliphatic rings. The summed E-state index contributed by atoms with van der Waals surface area (Å²) in [6.45, 7) is 47.9. The van der Waals surface area contributed by atoms with Gasteiger partial charge >= 0.3 is 0 Å². The van der Waals surface area contributed by atoms with Crippen molar-refractivity contribution in [2.24, 2.45) is 40.3 Å². The molecule has 4 N–H and O–H groups in total. The third kappa shape index (κ3) is 14.8. The summed E-state index contributed by atoms with van der Waals surface area (Å²) in [5.41, 5.74) is 13.2. The van der Waals surface area contributed by atoms with Gasteiger partial charge in [0.25, 0.3) is 6.43 Å². The summed E-state index contributed by atoms with van der Waals surface area (Å²) in [6, 6.07) is 16.1. The maximum atomic E-state index is 15.2. The number of nitrogens with one attached hydrogen (secondary N) is 2. The summed E-state index contributed by atoms with van der Waals surface area (Å²) in [5.74, 6) is 13.7. The van der Waals surface area contributed by atoms with Gasteiger partial charge in [0, 0.05) is 83.4 Å². The Morgan fingerprint density at radius 3 is 2.28 bits per heavy atom. The van der Waals surface area contributed by atoms with E-state index in [2.05, 4.69) is 164 Å². The van der Waals surface area contributed by atoms with Crippen LogP contribution in [0.2, 0.25) is 0 Å². The number of fused-ring (bicyclic) bond motifs is 1. The highest BCUT2D eigenvalue weighted by atomic mass is 19.3. The maximum absolute atomic E-state index is 15.2. The lowest BCUT2D eigenvalue weighted by atomic mass is 9.71. The number of halogens is 2. The number of hydrogen-bond acceptors (Lipinski definition) is 7. The molecule has 10 heteroatoms. The van der Waals surface area contributed by atoms with E-state index in [0.29, 0.717) is 37.8 Å². The molecule has 1 fully saturated rings. The lowest BCUT2D eigenvalue weighted by Crippen LogP contribution is -2.46. The number of pyridine rings is 1. The first kappa shape index (κ1) is 59.7. The van der Waals surface area contributed by atoms with Crippen LogP contribution in [0.5, 0.6) is 0 Å². The Morgan fingerprint density at radius 2 is 1.68 bits per heavy atom. The molecule has 3 unspecified atom stereocenters. The van der Waals surface area contributed by atoms with E-state index in [1.807, 2.05) is 26.4 Å². The molecule has 0 amide bonds. The Bertz CT molecular complexity index is 2640. The Balaban J connectivity index is 1.51. The van der Waals surface area contributed by atoms with Crippen LogP contribution in [0, 0.1) is 46.3 Å². The van der Waals surface area contributed by atoms with Gasteiger partial charge in [-0.15, -0.1) is 0 Å². The average Bonchev–Trinajstić information content (AvgIpc) is 3.63. The van der Waals surface area contributed by atoms with E-state index in [4.69, 9.17) is 28.7 Å². The number of likely N-dealkylation sites (tertiary alicyclic amines) is 1. The molecule has 1 aliphatic heterocycles. The van der Waals surface area contributed by atoms with Crippen molar-refractivity contribution in [2.75, 3.05) is 40.3 Å². The number of benzene rings is 2. The predicted molar refractivity (Wildman–Crippen MR) is 310 cm³/mol. The van der Waals surface area contributed by atoms with Crippen molar-refractivity contribution in [1.82, 2.24) is 30.1 Å². The standard InChI is InChI=1S/C64H93F2N7O/c1-19-73-58-27-25-50(37-56(58)57(38-62(11,12)41-74-20-2)60(73)54-23-21-31-68-59(54)43(5)6)51-33-49(34-52(36-51)61(65)66)35-55(45(8)63(13,14)29-22-32-69-67)47(10)70-46(9)53(42(3)4)26-24-48-39-72(40-48)44(7)28-30-64(15,16)71(17)18/h20-21,23,25,27,31,33-34,36-37,42-43,47-48,53,55,61,69-70H,2,7-9,19,22,24,26,29,32,35,38-41,67H2,1,3-6,10-18H3. The summed E-state index contributed by atoms with van der Waals surface area (Å²) in [4.78, 5) is 9.30. The molecule has 0 spiro atoms. The van der Waals surface area contributed by atoms with E-state index in [1.54, 1.807) is 12.1 Å². The van der Waals surface area contributed by atoms with E-state index in [0.717, 1.165) is 107 Å². The quantitative estimate of drug-likeness (QED) is 0.0131. The minimum Gasteiger partial charge on any atom is -0.501 e. The highest BCUT2D eigenvalue weighted by molar-refractivity contribution is 5.95. The summed E-state index contributed by atoms with van der Waals surface area (Å²) >= 11 is 0. The summed E-state index contributed by atoms with van der Waals surface area (Å²) in [5, 5.41) is 5.00. The van der Waals surface area contributed by atoms with Crippen molar-refractivity contribution >= 4 is 10.9 Å². The molecule has 4 aromatic rings. The molecule has 0 saturated carbocycles. The lowest BCUT2D eigenvalue weighted by molar-refractivity contribution is 0.133. The predicted octanol–water partition coefficient (Wildman–Crippen LogP) is 14.5. The molecule has 1 saturated heterocycles. The largest absolute Gasteiger partial charge is 0.501 e. The second kappa shape index (κ2) is 25.6. The number of nitrogens with zero attached hydrogens (tertiary/aromatic N) is 4. The van der Waals surface area contributed by atoms with Crippen LogP contribution in [-0.4, -0.2) is 71.3 Å². The molecule has 3 heterocycles. The van der Waals surface area contributed by atoms with E-state index < -0.39 is 6.43 Å². The first-order valence-corrected chi connectivity index (χ1v) is 27.2. The van der Waals surface area contributed by atoms with Crippen molar-refractivity contribution in [3.63, 3.8) is 0 Å². The molecular weight excluding hydrogens is 921 g/mol. The van der Waals surface area contributed by atoms with Crippen LogP contribution in [0.1, 0.15) is 143 Å². The second-order valence-electron chi connectivity index (χ2n) is 24.1. The number of aromatic nitrogens is 2. The second-order valence-corrected chi connectivity index (χ2v) is 24.1. The van der Waals surface area contributed by atoms with Crippen LogP contribution >= 0.6 is 0 Å². The van der Waals surface area contributed by atoms with Crippen LogP contribution in [0.15, 0.2) is 104 Å². The number of aryl methyl sites for hydroxylation is 1. The fraction of sp³-hybridized carbons (Fsp3) is 0.547. The van der Waals surface area contributed by atoms with Gasteiger partial charge in [-0.1, -0.05) is 111 Å². The van der Waals surface area contributed by atoms with Crippen LogP contribution in [-0.2, 0) is 24.1 Å². The van der Waals surface area contributed by atoms with E-state index >= 15 is 8.78 Å². The molecule has 5 rings (SSSR count). The summed E-state index contributed by atoms with van der Waals surface area (Å²) < 4.78 is 38.6. The Kier molecular flexibility index (Phi) is 20.6. The Labute approximate surface area is 446 Å². The Morgan fingerprint density at radius 1 is 0.973 bits per heavy atom. The van der Waals surface area contributed by atoms with Gasteiger partial charge < -0.3 is 19.5 Å². The number of nitrogens with two attached hydrogens (primary N) is 1. The zero-order chi connectivity index (χ0) is 54.9. The number of ether oxygens (including phenoxy) is 1. The third-order valence-corrected chi connectivity index (χ3v) is 16.0. The topological polar surface area (TPSA) is 83.6 Å². The van der Waals surface area contributed by atoms with Crippen LogP contribution in [0.25, 0.3) is 33.3 Å². The number of rotatable bonds is 28. The van der Waals surface area contributed by atoms with E-state index in [9.17, 15) is 0 Å². The van der Waals surface area contributed by atoms with Gasteiger partial charge in [0.15, 0.2) is 0 Å². The highest BCUT2D eigenvalue weighted by Gasteiger charge is 2.34. The molecule has 8 nitrogen and oxygen atoms in total. The fourth-order valence-electron chi connectivity index (χ4n) is 10.8. The normalized spacial score (nSPS) is 14.8. The van der Waals surface area contributed by atoms with Crippen molar-refractivity contribution in [1.29, 1.82) is 0 Å². The smallest absolute Gasteiger partial charge is 0.263 e. The van der Waals surface area contributed by atoms with Crippen molar-refractivity contribution in [3.05, 3.63) is 127 Å². The number of alkyl halides is 2. The van der Waals surface area contributed by atoms with Gasteiger partial charge in [-0.25, -0.2) is 8.78 Å². The highest BCUT2D eigenvalue weighted by Crippen LogP contribution is 2.44. The van der Waals surface area contributed by atoms with E-state index in [-0.39, 0.29) is 45.7 Å². The third-order valence-electron chi connectivity index (χ3n) is 16.0. The van der Waals surface area contributed by atoms with Crippen molar-refractivity contribution < 1.29 is 13.5 Å². The molecule has 3 atom stereocenters. The number of hydrazine groups is 1. The fourth-order valence-corrected chi connectivity index (χ4v) is 10.8. The molecule has 2 aromatic carbocycles. The van der Waals surface area contributed by atoms with Gasteiger partial charge in [-0.2, -0.15) is 0 Å². The van der Waals surface area contributed by atoms with Gasteiger partial charge in [0.2, 0.25) is 0 Å². The SMILES string of the molecule is C=COCC(C)(C)Cc1c(-c2cccnc2C(C)C)n(CC)c2ccc(-c3cc(CC(C(=C)C(C)(C)CCCNN)C(C)NC(=C)C(CCC4CN(C(=C)C#CC(C)(C)N(C)C)C4)C(C)C)cc(C(F)F)c3)cc12. The van der Waals surface area contributed by atoms with Gasteiger partial charge in [0.05, 0.1) is 35.5 Å². The minimum atomic E-state index is -2.65. The first-order valence-electron chi connectivity index (χ1n) is 27.2. The van der Waals surface area contributed by atoms with Crippen molar-refractivity contribution in [3.8, 4) is 34.2 Å². The van der Waals surface area contributed by atoms with Crippen molar-refractivity contribution in [2.45, 2.75) is 152 Å². The molecule has 0 radical (unpaired) electrons. The Hall–Kier alpha value is -5.21. The maximum Gasteiger partial charge on any atom is 0.263 e. The molecule has 74 heavy (non-hydrogen) atoms.